The Balaban J connectivity index is 2.47. The monoisotopic (exact) mass is 239 g/mol. The molecule has 0 aromatic heterocycles. The van der Waals surface area contributed by atoms with Crippen LogP contribution >= 0.6 is 11.6 Å². The number of anilines is 1. The van der Waals surface area contributed by atoms with Gasteiger partial charge in [-0.15, -0.1) is 0 Å². The summed E-state index contributed by atoms with van der Waals surface area (Å²) >= 11 is 6.23. The third kappa shape index (κ3) is 2.19. The fourth-order valence-corrected chi connectivity index (χ4v) is 2.53. The lowest BCUT2D eigenvalue weighted by Gasteiger charge is -2.17. The second-order valence-electron chi connectivity index (χ2n) is 4.36. The predicted molar refractivity (Wildman–Crippen MR) is 67.2 cm³/mol. The molecule has 1 saturated heterocycles. The molecular weight excluding hydrogens is 224 g/mol. The van der Waals surface area contributed by atoms with Gasteiger partial charge in [-0.25, -0.2) is 0 Å². The molecule has 1 aromatic carbocycles. The number of hydrogen-bond acceptors (Lipinski definition) is 3. The van der Waals surface area contributed by atoms with Gasteiger partial charge < -0.3 is 5.73 Å². The number of benzene rings is 1. The van der Waals surface area contributed by atoms with Crippen LogP contribution < -0.4 is 11.2 Å². The van der Waals surface area contributed by atoms with Crippen molar-refractivity contribution >= 4 is 29.7 Å². The van der Waals surface area contributed by atoms with E-state index in [0.29, 0.717) is 23.2 Å². The maximum Gasteiger partial charge on any atom is 0.375 e. The summed E-state index contributed by atoms with van der Waals surface area (Å²) in [4.78, 5) is 10.2. The summed E-state index contributed by atoms with van der Waals surface area (Å²) in [5.74, 6) is 0.340. The Morgan fingerprint density at radius 1 is 1.44 bits per heavy atom. The fourth-order valence-electron chi connectivity index (χ4n) is 2.08. The van der Waals surface area contributed by atoms with Crippen LogP contribution in [0.4, 0.5) is 5.69 Å². The summed E-state index contributed by atoms with van der Waals surface area (Å²) in [6, 6.07) is 3.72. The van der Waals surface area contributed by atoms with Crippen LogP contribution in [-0.2, 0) is 9.69 Å². The van der Waals surface area contributed by atoms with Crippen LogP contribution in [0.1, 0.15) is 25.3 Å². The summed E-state index contributed by atoms with van der Waals surface area (Å²) in [7, 11) is 0. The van der Waals surface area contributed by atoms with E-state index < -0.39 is 0 Å². The molecule has 1 aromatic rings. The van der Waals surface area contributed by atoms with Crippen molar-refractivity contribution in [1.82, 2.24) is 0 Å². The SMILES string of the molecule is CC(C)c1c(Cl)cc(N)cc1B1CCOO1. The fraction of sp³-hybridized carbons (Fsp3) is 0.455. The highest BCUT2D eigenvalue weighted by Gasteiger charge is 2.30. The Morgan fingerprint density at radius 2 is 2.19 bits per heavy atom. The molecule has 0 aliphatic carbocycles. The molecule has 0 bridgehead atoms. The Hall–Kier alpha value is -0.705. The number of nitrogen functional groups attached to an aromatic ring is 1. The first-order chi connectivity index (χ1) is 7.59. The molecule has 0 atom stereocenters. The van der Waals surface area contributed by atoms with Gasteiger partial charge in [-0.3, -0.25) is 9.69 Å². The molecular formula is C11H15BClNO2. The summed E-state index contributed by atoms with van der Waals surface area (Å²) in [5, 5.41) is 0.709. The first-order valence-electron chi connectivity index (χ1n) is 5.46. The van der Waals surface area contributed by atoms with Crippen molar-refractivity contribution in [2.45, 2.75) is 26.1 Å². The molecule has 0 spiro atoms. The lowest BCUT2D eigenvalue weighted by molar-refractivity contribution is -0.184. The van der Waals surface area contributed by atoms with E-state index >= 15 is 0 Å². The van der Waals surface area contributed by atoms with E-state index in [0.717, 1.165) is 17.3 Å². The summed E-state index contributed by atoms with van der Waals surface area (Å²) < 4.78 is 0. The highest BCUT2D eigenvalue weighted by atomic mass is 35.5. The van der Waals surface area contributed by atoms with E-state index in [-0.39, 0.29) is 6.92 Å². The quantitative estimate of drug-likeness (QED) is 0.489. The minimum Gasteiger partial charge on any atom is -0.399 e. The van der Waals surface area contributed by atoms with Crippen molar-refractivity contribution in [3.05, 3.63) is 22.7 Å². The Kier molecular flexibility index (Phi) is 3.43. The third-order valence-corrected chi connectivity index (χ3v) is 3.07. The maximum absolute atomic E-state index is 6.23. The van der Waals surface area contributed by atoms with Crippen molar-refractivity contribution in [2.24, 2.45) is 0 Å². The van der Waals surface area contributed by atoms with E-state index in [1.54, 1.807) is 6.07 Å². The predicted octanol–water partition coefficient (Wildman–Crippen LogP) is 2.21. The van der Waals surface area contributed by atoms with Gasteiger partial charge in [0.25, 0.3) is 0 Å². The van der Waals surface area contributed by atoms with Crippen molar-refractivity contribution in [3.8, 4) is 0 Å². The van der Waals surface area contributed by atoms with Crippen LogP contribution in [0.2, 0.25) is 11.3 Å². The first-order valence-corrected chi connectivity index (χ1v) is 5.84. The van der Waals surface area contributed by atoms with E-state index in [9.17, 15) is 0 Å². The van der Waals surface area contributed by atoms with Gasteiger partial charge in [0.1, 0.15) is 0 Å². The van der Waals surface area contributed by atoms with E-state index in [1.165, 1.54) is 0 Å². The Labute approximate surface area is 101 Å². The zero-order chi connectivity index (χ0) is 11.7. The smallest absolute Gasteiger partial charge is 0.375 e. The standard InChI is InChI=1S/C11H15BClNO2/c1-7(2)11-9(12-3-4-15-16-12)5-8(14)6-10(11)13/h5-7H,3-4,14H2,1-2H3. The van der Waals surface area contributed by atoms with Gasteiger partial charge in [-0.1, -0.05) is 25.4 Å². The lowest BCUT2D eigenvalue weighted by atomic mass is 9.57. The third-order valence-electron chi connectivity index (χ3n) is 2.76. The van der Waals surface area contributed by atoms with Gasteiger partial charge in [0.15, 0.2) is 0 Å². The highest BCUT2D eigenvalue weighted by Crippen LogP contribution is 2.26. The van der Waals surface area contributed by atoms with Crippen molar-refractivity contribution in [3.63, 3.8) is 0 Å². The minimum absolute atomic E-state index is 0.0431. The zero-order valence-corrected chi connectivity index (χ0v) is 10.3. The average Bonchev–Trinajstić information content (AvgIpc) is 2.67. The van der Waals surface area contributed by atoms with Crippen LogP contribution in [0, 0.1) is 0 Å². The van der Waals surface area contributed by atoms with Gasteiger partial charge in [-0.05, 0) is 35.4 Å². The molecule has 3 nitrogen and oxygen atoms in total. The molecule has 0 unspecified atom stereocenters. The number of hydrogen-bond donors (Lipinski definition) is 1. The molecule has 1 aliphatic heterocycles. The molecule has 16 heavy (non-hydrogen) atoms. The molecule has 2 N–H and O–H groups in total. The van der Waals surface area contributed by atoms with Gasteiger partial charge in [0, 0.05) is 10.7 Å². The molecule has 1 heterocycles. The molecule has 5 heteroatoms. The van der Waals surface area contributed by atoms with Crippen LogP contribution in [0.25, 0.3) is 0 Å². The van der Waals surface area contributed by atoms with E-state index in [4.69, 9.17) is 27.0 Å². The molecule has 86 valence electrons. The Bertz CT molecular complexity index is 392. The summed E-state index contributed by atoms with van der Waals surface area (Å²) in [5.41, 5.74) is 8.64. The zero-order valence-electron chi connectivity index (χ0n) is 9.50. The summed E-state index contributed by atoms with van der Waals surface area (Å²) in [6.45, 7) is 4.79. The van der Waals surface area contributed by atoms with Gasteiger partial charge in [0.05, 0.1) is 6.61 Å². The van der Waals surface area contributed by atoms with Crippen LogP contribution in [0.15, 0.2) is 12.1 Å². The van der Waals surface area contributed by atoms with Crippen molar-refractivity contribution in [1.29, 1.82) is 0 Å². The molecule has 0 radical (unpaired) electrons. The van der Waals surface area contributed by atoms with Crippen LogP contribution in [0.3, 0.4) is 0 Å². The molecule has 0 amide bonds. The van der Waals surface area contributed by atoms with Crippen molar-refractivity contribution in [2.75, 3.05) is 12.3 Å². The second-order valence-corrected chi connectivity index (χ2v) is 4.76. The second kappa shape index (κ2) is 4.66. The highest BCUT2D eigenvalue weighted by molar-refractivity contribution is 6.68. The maximum atomic E-state index is 6.23. The van der Waals surface area contributed by atoms with E-state index in [1.807, 2.05) is 6.07 Å². The van der Waals surface area contributed by atoms with Crippen LogP contribution in [0.5, 0.6) is 0 Å². The molecule has 0 saturated carbocycles. The summed E-state index contributed by atoms with van der Waals surface area (Å²) in [6.07, 6.45) is 0.847. The molecule has 2 rings (SSSR count). The number of nitrogens with two attached hydrogens (primary N) is 1. The van der Waals surface area contributed by atoms with E-state index in [2.05, 4.69) is 13.8 Å². The molecule has 1 aliphatic rings. The van der Waals surface area contributed by atoms with Gasteiger partial charge in [0.2, 0.25) is 0 Å². The number of halogens is 1. The largest absolute Gasteiger partial charge is 0.399 e. The Morgan fingerprint density at radius 3 is 2.75 bits per heavy atom. The minimum atomic E-state index is -0.0431. The van der Waals surface area contributed by atoms with Crippen LogP contribution in [-0.4, -0.2) is 13.5 Å². The lowest BCUT2D eigenvalue weighted by Crippen LogP contribution is -2.33. The number of rotatable bonds is 2. The van der Waals surface area contributed by atoms with Crippen molar-refractivity contribution < 1.29 is 9.69 Å². The van der Waals surface area contributed by atoms with Gasteiger partial charge >= 0.3 is 6.92 Å². The molecule has 1 fully saturated rings. The van der Waals surface area contributed by atoms with Gasteiger partial charge in [-0.2, -0.15) is 0 Å². The topological polar surface area (TPSA) is 44.5 Å². The first kappa shape index (κ1) is 11.8. The average molecular weight is 240 g/mol. The normalized spacial score (nSPS) is 16.1.